The molecule has 11 heteroatoms. The first kappa shape index (κ1) is 18.3. The standard InChI is InChI=1S/C15H15ClN4O5S/c1-8(21)24-6-12-14(25-9(2)22)11(3-4-23-12)20-5-10(18-19-20)15-17-13(16)7-26-15/h3-5,7,11-12,14H,6H2,1-2H3/t11-,12-,14-/m1/s1. The molecule has 0 aliphatic carbocycles. The number of halogens is 1. The Kier molecular flexibility index (Phi) is 5.52. The molecule has 3 rings (SSSR count). The maximum absolute atomic E-state index is 11.5. The zero-order valence-corrected chi connectivity index (χ0v) is 15.4. The maximum atomic E-state index is 11.5. The summed E-state index contributed by atoms with van der Waals surface area (Å²) in [7, 11) is 0. The van der Waals surface area contributed by atoms with Crippen molar-refractivity contribution in [2.24, 2.45) is 0 Å². The van der Waals surface area contributed by atoms with Crippen LogP contribution in [0.5, 0.6) is 0 Å². The molecule has 2 aromatic rings. The Bertz CT molecular complexity index is 836. The molecule has 0 saturated carbocycles. The molecule has 2 aromatic heterocycles. The normalized spacial score (nSPS) is 21.9. The Morgan fingerprint density at radius 3 is 2.85 bits per heavy atom. The van der Waals surface area contributed by atoms with Crippen molar-refractivity contribution in [3.05, 3.63) is 29.1 Å². The monoisotopic (exact) mass is 398 g/mol. The third kappa shape index (κ3) is 4.20. The van der Waals surface area contributed by atoms with E-state index in [9.17, 15) is 9.59 Å². The lowest BCUT2D eigenvalue weighted by Gasteiger charge is -2.33. The minimum absolute atomic E-state index is 0.0578. The summed E-state index contributed by atoms with van der Waals surface area (Å²) < 4.78 is 17.4. The average Bonchev–Trinajstić information content (AvgIpc) is 3.22. The van der Waals surface area contributed by atoms with E-state index in [0.717, 1.165) is 0 Å². The van der Waals surface area contributed by atoms with Gasteiger partial charge in [-0.3, -0.25) is 9.59 Å². The zero-order valence-electron chi connectivity index (χ0n) is 13.9. The number of ether oxygens (including phenoxy) is 3. The number of carbonyl (C=O) groups is 2. The van der Waals surface area contributed by atoms with Gasteiger partial charge < -0.3 is 14.2 Å². The molecule has 0 radical (unpaired) electrons. The molecule has 0 spiro atoms. The minimum atomic E-state index is -0.744. The number of hydrogen-bond donors (Lipinski definition) is 0. The highest BCUT2D eigenvalue weighted by atomic mass is 35.5. The van der Waals surface area contributed by atoms with E-state index in [1.807, 2.05) is 0 Å². The van der Waals surface area contributed by atoms with Crippen LogP contribution in [-0.4, -0.2) is 50.7 Å². The number of thiazole rings is 1. The van der Waals surface area contributed by atoms with Crippen molar-refractivity contribution in [2.45, 2.75) is 32.1 Å². The summed E-state index contributed by atoms with van der Waals surface area (Å²) in [5.41, 5.74) is 0.542. The van der Waals surface area contributed by atoms with E-state index in [0.29, 0.717) is 15.9 Å². The van der Waals surface area contributed by atoms with Gasteiger partial charge in [-0.1, -0.05) is 16.8 Å². The van der Waals surface area contributed by atoms with Crippen molar-refractivity contribution in [3.63, 3.8) is 0 Å². The van der Waals surface area contributed by atoms with E-state index in [2.05, 4.69) is 15.3 Å². The van der Waals surface area contributed by atoms with Gasteiger partial charge in [0.05, 0.1) is 12.5 Å². The third-order valence-electron chi connectivity index (χ3n) is 3.50. The largest absolute Gasteiger partial charge is 0.491 e. The molecule has 0 bridgehead atoms. The van der Waals surface area contributed by atoms with Gasteiger partial charge in [-0.2, -0.15) is 0 Å². The summed E-state index contributed by atoms with van der Waals surface area (Å²) >= 11 is 7.18. The first-order valence-corrected chi connectivity index (χ1v) is 8.85. The molecule has 0 saturated heterocycles. The molecule has 0 amide bonds. The van der Waals surface area contributed by atoms with Crippen molar-refractivity contribution >= 4 is 34.9 Å². The van der Waals surface area contributed by atoms with Crippen LogP contribution < -0.4 is 0 Å². The molecule has 0 unspecified atom stereocenters. The van der Waals surface area contributed by atoms with E-state index in [-0.39, 0.29) is 6.61 Å². The Labute approximate surface area is 157 Å². The van der Waals surface area contributed by atoms with Crippen molar-refractivity contribution < 1.29 is 23.8 Å². The molecule has 1 aliphatic rings. The van der Waals surface area contributed by atoms with Crippen LogP contribution in [0.4, 0.5) is 0 Å². The van der Waals surface area contributed by atoms with Crippen LogP contribution in [0.25, 0.3) is 10.7 Å². The molecule has 138 valence electrons. The first-order valence-electron chi connectivity index (χ1n) is 7.60. The van der Waals surface area contributed by atoms with Gasteiger partial charge in [0.25, 0.3) is 0 Å². The fourth-order valence-corrected chi connectivity index (χ4v) is 3.33. The molecule has 3 heterocycles. The molecular formula is C15H15ClN4O5S. The van der Waals surface area contributed by atoms with Crippen LogP contribution in [0.2, 0.25) is 5.15 Å². The van der Waals surface area contributed by atoms with E-state index in [4.69, 9.17) is 25.8 Å². The predicted molar refractivity (Wildman–Crippen MR) is 91.4 cm³/mol. The number of nitrogens with zero attached hydrogens (tertiary/aromatic N) is 4. The number of rotatable bonds is 5. The SMILES string of the molecule is CC(=O)OC[C@H]1OC=C[C@@H](n2cc(-c3nc(Cl)cs3)nn2)[C@H]1OC(C)=O. The molecule has 0 N–H and O–H groups in total. The molecule has 0 aromatic carbocycles. The van der Waals surface area contributed by atoms with Gasteiger partial charge in [0.1, 0.15) is 28.5 Å². The summed E-state index contributed by atoms with van der Waals surface area (Å²) in [6, 6.07) is -0.482. The minimum Gasteiger partial charge on any atom is -0.491 e. The highest BCUT2D eigenvalue weighted by Crippen LogP contribution is 2.29. The van der Waals surface area contributed by atoms with Crippen LogP contribution in [0.1, 0.15) is 19.9 Å². The lowest BCUT2D eigenvalue weighted by atomic mass is 10.0. The Morgan fingerprint density at radius 2 is 2.19 bits per heavy atom. The van der Waals surface area contributed by atoms with Crippen molar-refractivity contribution in [3.8, 4) is 10.7 Å². The molecule has 9 nitrogen and oxygen atoms in total. The Balaban J connectivity index is 1.85. The van der Waals surface area contributed by atoms with E-state index < -0.39 is 30.2 Å². The zero-order chi connectivity index (χ0) is 18.7. The van der Waals surface area contributed by atoms with Crippen molar-refractivity contribution in [2.75, 3.05) is 6.61 Å². The second-order valence-electron chi connectivity index (χ2n) is 5.43. The van der Waals surface area contributed by atoms with Crippen LogP contribution in [-0.2, 0) is 23.8 Å². The fourth-order valence-electron chi connectivity index (χ4n) is 2.44. The van der Waals surface area contributed by atoms with Crippen molar-refractivity contribution in [1.29, 1.82) is 0 Å². The highest BCUT2D eigenvalue weighted by molar-refractivity contribution is 7.13. The van der Waals surface area contributed by atoms with Gasteiger partial charge in [0.15, 0.2) is 12.2 Å². The molecule has 3 atom stereocenters. The summed E-state index contributed by atoms with van der Waals surface area (Å²) in [6.07, 6.45) is 3.41. The topological polar surface area (TPSA) is 105 Å². The summed E-state index contributed by atoms with van der Waals surface area (Å²) in [6.45, 7) is 2.53. The van der Waals surface area contributed by atoms with Crippen LogP contribution in [0, 0.1) is 0 Å². The average molecular weight is 399 g/mol. The van der Waals surface area contributed by atoms with Gasteiger partial charge in [0.2, 0.25) is 0 Å². The lowest BCUT2D eigenvalue weighted by Crippen LogP contribution is -2.44. The highest BCUT2D eigenvalue weighted by Gasteiger charge is 2.37. The molecule has 0 fully saturated rings. The number of esters is 2. The molecular weight excluding hydrogens is 384 g/mol. The van der Waals surface area contributed by atoms with E-state index >= 15 is 0 Å². The third-order valence-corrected chi connectivity index (χ3v) is 4.68. The van der Waals surface area contributed by atoms with E-state index in [1.165, 1.54) is 36.1 Å². The van der Waals surface area contributed by atoms with Gasteiger partial charge >= 0.3 is 11.9 Å². The first-order chi connectivity index (χ1) is 12.4. The van der Waals surface area contributed by atoms with Crippen LogP contribution in [0.15, 0.2) is 23.9 Å². The predicted octanol–water partition coefficient (Wildman–Crippen LogP) is 2.00. The van der Waals surface area contributed by atoms with Crippen molar-refractivity contribution in [1.82, 2.24) is 20.0 Å². The van der Waals surface area contributed by atoms with Gasteiger partial charge in [-0.25, -0.2) is 9.67 Å². The van der Waals surface area contributed by atoms with Crippen LogP contribution in [0.3, 0.4) is 0 Å². The van der Waals surface area contributed by atoms with E-state index in [1.54, 1.807) is 17.7 Å². The molecule has 26 heavy (non-hydrogen) atoms. The number of hydrogen-bond acceptors (Lipinski definition) is 9. The quantitative estimate of drug-likeness (QED) is 0.704. The number of aromatic nitrogens is 4. The number of carbonyl (C=O) groups excluding carboxylic acids is 2. The second kappa shape index (κ2) is 7.83. The Morgan fingerprint density at radius 1 is 1.38 bits per heavy atom. The second-order valence-corrected chi connectivity index (χ2v) is 6.67. The van der Waals surface area contributed by atoms with Gasteiger partial charge in [-0.05, 0) is 6.08 Å². The summed E-state index contributed by atoms with van der Waals surface area (Å²) in [5, 5.41) is 10.9. The smallest absolute Gasteiger partial charge is 0.303 e. The maximum Gasteiger partial charge on any atom is 0.303 e. The van der Waals surface area contributed by atoms with Crippen LogP contribution >= 0.6 is 22.9 Å². The molecule has 1 aliphatic heterocycles. The summed E-state index contributed by atoms with van der Waals surface area (Å²) in [5.74, 6) is -0.941. The fraction of sp³-hybridized carbons (Fsp3) is 0.400. The Hall–Kier alpha value is -2.46. The van der Waals surface area contributed by atoms with Gasteiger partial charge in [-0.15, -0.1) is 16.4 Å². The summed E-state index contributed by atoms with van der Waals surface area (Å²) in [4.78, 5) is 26.8. The lowest BCUT2D eigenvalue weighted by molar-refractivity contribution is -0.163. The van der Waals surface area contributed by atoms with Gasteiger partial charge in [0, 0.05) is 19.2 Å².